The fourth-order valence-corrected chi connectivity index (χ4v) is 1.84. The van der Waals surface area contributed by atoms with E-state index in [4.69, 9.17) is 6.42 Å². The molecule has 1 N–H and O–H groups in total. The molecule has 1 aromatic heterocycles. The van der Waals surface area contributed by atoms with E-state index in [1.54, 1.807) is 0 Å². The Labute approximate surface area is 73.2 Å². The van der Waals surface area contributed by atoms with E-state index < -0.39 is 0 Å². The van der Waals surface area contributed by atoms with Crippen molar-refractivity contribution in [2.45, 2.75) is 32.1 Å². The summed E-state index contributed by atoms with van der Waals surface area (Å²) in [5.74, 6) is 2.90. The number of hydrogen-bond acceptors (Lipinski definition) is 0. The summed E-state index contributed by atoms with van der Waals surface area (Å²) in [5, 5.41) is 0. The van der Waals surface area contributed by atoms with Gasteiger partial charge < -0.3 is 4.98 Å². The molecule has 62 valence electrons. The molecule has 0 bridgehead atoms. The standard InChI is InChI=1S/C11H13N/c1-4-11(5-6-11)10-7-8(2)12-9(10)3/h1,7,12H,5-6H2,2-3H3. The zero-order valence-corrected chi connectivity index (χ0v) is 7.57. The highest BCUT2D eigenvalue weighted by atomic mass is 14.7. The van der Waals surface area contributed by atoms with E-state index in [-0.39, 0.29) is 5.41 Å². The maximum Gasteiger partial charge on any atom is 0.0579 e. The fraction of sp³-hybridized carbons (Fsp3) is 0.455. The quantitative estimate of drug-likeness (QED) is 0.605. The predicted octanol–water partition coefficient (Wildman–Crippen LogP) is 2.30. The van der Waals surface area contributed by atoms with Gasteiger partial charge in [0.05, 0.1) is 5.41 Å². The molecule has 0 radical (unpaired) electrons. The molecule has 1 saturated carbocycles. The van der Waals surface area contributed by atoms with Gasteiger partial charge in [0, 0.05) is 11.4 Å². The molecule has 0 aliphatic heterocycles. The van der Waals surface area contributed by atoms with Crippen LogP contribution < -0.4 is 0 Å². The number of H-pyrrole nitrogens is 1. The first kappa shape index (κ1) is 7.49. The zero-order chi connectivity index (χ0) is 8.77. The molecular weight excluding hydrogens is 146 g/mol. The third kappa shape index (κ3) is 0.881. The topological polar surface area (TPSA) is 15.8 Å². The Morgan fingerprint density at radius 3 is 2.50 bits per heavy atom. The van der Waals surface area contributed by atoms with Gasteiger partial charge in [0.2, 0.25) is 0 Å². The molecular formula is C11H13N. The Balaban J connectivity index is 2.48. The molecule has 0 spiro atoms. The Hall–Kier alpha value is -1.16. The van der Waals surface area contributed by atoms with Crippen LogP contribution in [-0.4, -0.2) is 4.98 Å². The largest absolute Gasteiger partial charge is 0.362 e. The number of aryl methyl sites for hydroxylation is 2. The number of aromatic nitrogens is 1. The van der Waals surface area contributed by atoms with Crippen LogP contribution in [-0.2, 0) is 5.41 Å². The van der Waals surface area contributed by atoms with E-state index >= 15 is 0 Å². The second kappa shape index (κ2) is 2.17. The summed E-state index contributed by atoms with van der Waals surface area (Å²) in [6.45, 7) is 4.17. The Morgan fingerprint density at radius 1 is 1.50 bits per heavy atom. The van der Waals surface area contributed by atoms with Crippen molar-refractivity contribution in [3.8, 4) is 12.3 Å². The molecule has 0 aromatic carbocycles. The molecule has 0 unspecified atom stereocenters. The Bertz CT molecular complexity index is 348. The molecule has 1 aliphatic carbocycles. The lowest BCUT2D eigenvalue weighted by Gasteiger charge is -2.05. The van der Waals surface area contributed by atoms with Crippen LogP contribution in [0.25, 0.3) is 0 Å². The molecule has 1 aromatic rings. The molecule has 2 rings (SSSR count). The molecule has 1 fully saturated rings. The van der Waals surface area contributed by atoms with Crippen molar-refractivity contribution in [2.75, 3.05) is 0 Å². The van der Waals surface area contributed by atoms with Gasteiger partial charge in [-0.15, -0.1) is 6.42 Å². The van der Waals surface area contributed by atoms with Crippen LogP contribution in [0.3, 0.4) is 0 Å². The van der Waals surface area contributed by atoms with E-state index in [1.807, 2.05) is 0 Å². The van der Waals surface area contributed by atoms with Crippen LogP contribution in [0, 0.1) is 26.2 Å². The molecule has 1 heteroatoms. The summed E-state index contributed by atoms with van der Waals surface area (Å²) in [6.07, 6.45) is 7.82. The third-order valence-electron chi connectivity index (χ3n) is 2.69. The van der Waals surface area contributed by atoms with E-state index in [9.17, 15) is 0 Å². The minimum Gasteiger partial charge on any atom is -0.362 e. The normalized spacial score (nSPS) is 18.8. The van der Waals surface area contributed by atoms with Crippen molar-refractivity contribution in [3.05, 3.63) is 23.0 Å². The van der Waals surface area contributed by atoms with Gasteiger partial charge in [-0.25, -0.2) is 0 Å². The van der Waals surface area contributed by atoms with E-state index in [0.717, 1.165) is 12.8 Å². The van der Waals surface area contributed by atoms with E-state index in [0.29, 0.717) is 0 Å². The highest BCUT2D eigenvalue weighted by Crippen LogP contribution is 2.48. The lowest BCUT2D eigenvalue weighted by atomic mass is 9.97. The molecule has 0 atom stereocenters. The minimum absolute atomic E-state index is 0.0921. The van der Waals surface area contributed by atoms with Crippen molar-refractivity contribution in [2.24, 2.45) is 0 Å². The smallest absolute Gasteiger partial charge is 0.0579 e. The van der Waals surface area contributed by atoms with Crippen molar-refractivity contribution >= 4 is 0 Å². The number of rotatable bonds is 1. The maximum absolute atomic E-state index is 5.52. The van der Waals surface area contributed by atoms with Crippen LogP contribution >= 0.6 is 0 Å². The van der Waals surface area contributed by atoms with Gasteiger partial charge in [-0.1, -0.05) is 5.92 Å². The summed E-state index contributed by atoms with van der Waals surface area (Å²) < 4.78 is 0. The second-order valence-corrected chi connectivity index (χ2v) is 3.72. The lowest BCUT2D eigenvalue weighted by Crippen LogP contribution is -2.02. The summed E-state index contributed by atoms with van der Waals surface area (Å²) in [6, 6.07) is 2.18. The molecule has 12 heavy (non-hydrogen) atoms. The Kier molecular flexibility index (Phi) is 1.35. The van der Waals surface area contributed by atoms with E-state index in [1.165, 1.54) is 17.0 Å². The van der Waals surface area contributed by atoms with Crippen molar-refractivity contribution < 1.29 is 0 Å². The van der Waals surface area contributed by atoms with Gasteiger partial charge in [-0.3, -0.25) is 0 Å². The van der Waals surface area contributed by atoms with Crippen LogP contribution in [0.4, 0.5) is 0 Å². The van der Waals surface area contributed by atoms with Crippen LogP contribution in [0.1, 0.15) is 29.8 Å². The number of terminal acetylenes is 1. The first-order valence-electron chi connectivity index (χ1n) is 4.32. The third-order valence-corrected chi connectivity index (χ3v) is 2.69. The van der Waals surface area contributed by atoms with Crippen LogP contribution in [0.2, 0.25) is 0 Å². The minimum atomic E-state index is 0.0921. The summed E-state index contributed by atoms with van der Waals surface area (Å²) in [5.41, 5.74) is 3.88. The zero-order valence-electron chi connectivity index (χ0n) is 7.57. The maximum atomic E-state index is 5.52. The van der Waals surface area contributed by atoms with Crippen LogP contribution in [0.5, 0.6) is 0 Å². The fourth-order valence-electron chi connectivity index (χ4n) is 1.84. The number of aromatic amines is 1. The Morgan fingerprint density at radius 2 is 2.17 bits per heavy atom. The molecule has 0 saturated heterocycles. The second-order valence-electron chi connectivity index (χ2n) is 3.72. The lowest BCUT2D eigenvalue weighted by molar-refractivity contribution is 0.916. The molecule has 1 nitrogen and oxygen atoms in total. The highest BCUT2D eigenvalue weighted by Gasteiger charge is 2.44. The number of nitrogens with one attached hydrogen (secondary N) is 1. The van der Waals surface area contributed by atoms with Crippen molar-refractivity contribution in [1.82, 2.24) is 4.98 Å². The predicted molar refractivity (Wildman–Crippen MR) is 50.0 cm³/mol. The highest BCUT2D eigenvalue weighted by molar-refractivity contribution is 5.44. The molecule has 1 heterocycles. The van der Waals surface area contributed by atoms with Gasteiger partial charge >= 0.3 is 0 Å². The van der Waals surface area contributed by atoms with E-state index in [2.05, 4.69) is 30.8 Å². The molecule has 0 amide bonds. The van der Waals surface area contributed by atoms with Crippen molar-refractivity contribution in [1.29, 1.82) is 0 Å². The van der Waals surface area contributed by atoms with Gasteiger partial charge in [-0.05, 0) is 38.3 Å². The van der Waals surface area contributed by atoms with Crippen LogP contribution in [0.15, 0.2) is 6.07 Å². The first-order chi connectivity index (χ1) is 5.68. The first-order valence-corrected chi connectivity index (χ1v) is 4.32. The van der Waals surface area contributed by atoms with Gasteiger partial charge in [0.25, 0.3) is 0 Å². The summed E-state index contributed by atoms with van der Waals surface area (Å²) >= 11 is 0. The number of hydrogen-bond donors (Lipinski definition) is 1. The average molecular weight is 159 g/mol. The average Bonchev–Trinajstić information content (AvgIpc) is 2.74. The monoisotopic (exact) mass is 159 g/mol. The van der Waals surface area contributed by atoms with Gasteiger partial charge in [0.15, 0.2) is 0 Å². The summed E-state index contributed by atoms with van der Waals surface area (Å²) in [4.78, 5) is 3.29. The van der Waals surface area contributed by atoms with Gasteiger partial charge in [0.1, 0.15) is 0 Å². The summed E-state index contributed by atoms with van der Waals surface area (Å²) in [7, 11) is 0. The molecule has 1 aliphatic rings. The van der Waals surface area contributed by atoms with Crippen molar-refractivity contribution in [3.63, 3.8) is 0 Å². The van der Waals surface area contributed by atoms with Gasteiger partial charge in [-0.2, -0.15) is 0 Å². The SMILES string of the molecule is C#CC1(c2cc(C)[nH]c2C)CC1.